The topological polar surface area (TPSA) is 0 Å². The molecule has 0 amide bonds. The third-order valence-electron chi connectivity index (χ3n) is 2.23. The molecule has 0 aliphatic carbocycles. The highest BCUT2D eigenvalue weighted by Gasteiger charge is 1.93. The Morgan fingerprint density at radius 1 is 0.700 bits per heavy atom. The van der Waals surface area contributed by atoms with Gasteiger partial charge < -0.3 is 0 Å². The van der Waals surface area contributed by atoms with Gasteiger partial charge in [-0.25, -0.2) is 0 Å². The van der Waals surface area contributed by atoms with Crippen LogP contribution in [0, 0.1) is 0 Å². The van der Waals surface area contributed by atoms with Gasteiger partial charge in [0, 0.05) is 0 Å². The zero-order chi connectivity index (χ0) is 16.6. The molecule has 0 bridgehead atoms. The number of allylic oxidation sites excluding steroid dienone is 10. The summed E-state index contributed by atoms with van der Waals surface area (Å²) in [6.07, 6.45) is 12.3. The first-order valence-corrected chi connectivity index (χ1v) is 7.51. The molecule has 0 saturated heterocycles. The molecule has 20 heavy (non-hydrogen) atoms. The quantitative estimate of drug-likeness (QED) is 0.465. The Morgan fingerprint density at radius 2 is 1.20 bits per heavy atom. The van der Waals surface area contributed by atoms with Crippen molar-refractivity contribution in [3.63, 3.8) is 0 Å². The molecule has 114 valence electrons. The van der Waals surface area contributed by atoms with Crippen LogP contribution in [0.15, 0.2) is 71.9 Å². The van der Waals surface area contributed by atoms with E-state index in [0.29, 0.717) is 0 Å². The van der Waals surface area contributed by atoms with E-state index in [9.17, 15) is 0 Å². The minimum atomic E-state index is 1.02. The monoisotopic (exact) mass is 274 g/mol. The lowest BCUT2D eigenvalue weighted by Crippen LogP contribution is -1.81. The van der Waals surface area contributed by atoms with Crippen LogP contribution < -0.4 is 0 Å². The molecule has 0 saturated carbocycles. The van der Waals surface area contributed by atoms with E-state index in [4.69, 9.17) is 0 Å². The Hall–Kier alpha value is -1.56. The van der Waals surface area contributed by atoms with Crippen LogP contribution in [0.3, 0.4) is 0 Å². The van der Waals surface area contributed by atoms with Gasteiger partial charge >= 0.3 is 0 Å². The molecule has 0 radical (unpaired) electrons. The third-order valence-corrected chi connectivity index (χ3v) is 2.23. The van der Waals surface area contributed by atoms with Crippen LogP contribution in [0.4, 0.5) is 0 Å². The van der Waals surface area contributed by atoms with Gasteiger partial charge in [0.15, 0.2) is 0 Å². The molecular formula is C20H34. The van der Waals surface area contributed by atoms with Gasteiger partial charge in [-0.3, -0.25) is 0 Å². The Morgan fingerprint density at radius 3 is 1.55 bits per heavy atom. The number of rotatable bonds is 5. The molecule has 0 spiro atoms. The van der Waals surface area contributed by atoms with Gasteiger partial charge in [-0.1, -0.05) is 88.5 Å². The predicted molar refractivity (Wildman–Crippen MR) is 98.1 cm³/mol. The van der Waals surface area contributed by atoms with Crippen molar-refractivity contribution in [3.05, 3.63) is 71.9 Å². The molecule has 0 aromatic rings. The summed E-state index contributed by atoms with van der Waals surface area (Å²) in [5, 5.41) is 0. The standard InChI is InChI=1S/C16H22.2C2H6/c1-7-14(5)10-11-15(6)16(8-2)12-9-13(3)4;2*1-2/h7-12H,3,6H2,1-2,4-5H3;2*1-2H3/b11-10-,12-9-,14-7-,16-8+;;. The highest BCUT2D eigenvalue weighted by atomic mass is 14.0. The summed E-state index contributed by atoms with van der Waals surface area (Å²) in [4.78, 5) is 0. The summed E-state index contributed by atoms with van der Waals surface area (Å²) in [5.74, 6) is 0. The van der Waals surface area contributed by atoms with Crippen molar-refractivity contribution in [1.29, 1.82) is 0 Å². The van der Waals surface area contributed by atoms with E-state index in [0.717, 1.165) is 16.7 Å². The van der Waals surface area contributed by atoms with E-state index in [1.54, 1.807) is 0 Å². The van der Waals surface area contributed by atoms with Crippen LogP contribution in [0.2, 0.25) is 0 Å². The van der Waals surface area contributed by atoms with E-state index < -0.39 is 0 Å². The van der Waals surface area contributed by atoms with Crippen LogP contribution in [0.25, 0.3) is 0 Å². The van der Waals surface area contributed by atoms with Gasteiger partial charge in [0.05, 0.1) is 0 Å². The van der Waals surface area contributed by atoms with Gasteiger partial charge in [0.25, 0.3) is 0 Å². The van der Waals surface area contributed by atoms with Gasteiger partial charge in [-0.15, -0.1) is 0 Å². The van der Waals surface area contributed by atoms with Crippen LogP contribution >= 0.6 is 0 Å². The molecule has 0 aromatic heterocycles. The van der Waals surface area contributed by atoms with Crippen LogP contribution in [-0.2, 0) is 0 Å². The van der Waals surface area contributed by atoms with Crippen molar-refractivity contribution in [2.24, 2.45) is 0 Å². The second kappa shape index (κ2) is 17.4. The SMILES string of the molecule is C=C(C)/C=C\C(=C/C)C(=C)/C=C\C(C)=C/C.CC.CC. The van der Waals surface area contributed by atoms with E-state index in [1.807, 2.05) is 66.7 Å². The maximum atomic E-state index is 4.05. The summed E-state index contributed by atoms with van der Waals surface area (Å²) in [7, 11) is 0. The van der Waals surface area contributed by atoms with Crippen LogP contribution in [0.5, 0.6) is 0 Å². The fraction of sp³-hybridized carbons (Fsp3) is 0.400. The molecule has 0 aliphatic heterocycles. The van der Waals surface area contributed by atoms with Crippen LogP contribution in [-0.4, -0.2) is 0 Å². The first kappa shape index (κ1) is 23.5. The first-order chi connectivity index (χ1) is 9.51. The Balaban J connectivity index is -0.000000656. The zero-order valence-corrected chi connectivity index (χ0v) is 14.9. The van der Waals surface area contributed by atoms with Gasteiger partial charge in [-0.2, -0.15) is 0 Å². The molecule has 0 fully saturated rings. The van der Waals surface area contributed by atoms with E-state index in [-0.39, 0.29) is 0 Å². The molecule has 0 N–H and O–H groups in total. The lowest BCUT2D eigenvalue weighted by molar-refractivity contribution is 1.44. The van der Waals surface area contributed by atoms with Gasteiger partial charge in [0.1, 0.15) is 0 Å². The van der Waals surface area contributed by atoms with Crippen molar-refractivity contribution < 1.29 is 0 Å². The highest BCUT2D eigenvalue weighted by molar-refractivity contribution is 5.46. The van der Waals surface area contributed by atoms with E-state index in [1.165, 1.54) is 5.57 Å². The third kappa shape index (κ3) is 14.5. The van der Waals surface area contributed by atoms with Crippen molar-refractivity contribution in [3.8, 4) is 0 Å². The molecule has 0 aromatic carbocycles. The molecule has 0 heteroatoms. The van der Waals surface area contributed by atoms with E-state index in [2.05, 4.69) is 38.3 Å². The summed E-state index contributed by atoms with van der Waals surface area (Å²) >= 11 is 0. The molecule has 0 heterocycles. The zero-order valence-electron chi connectivity index (χ0n) is 14.9. The molecular weight excluding hydrogens is 240 g/mol. The lowest BCUT2D eigenvalue weighted by Gasteiger charge is -2.01. The molecule has 0 unspecified atom stereocenters. The Bertz CT molecular complexity index is 371. The summed E-state index contributed by atoms with van der Waals surface area (Å²) in [5.41, 5.74) is 4.42. The van der Waals surface area contributed by atoms with Crippen molar-refractivity contribution in [2.75, 3.05) is 0 Å². The van der Waals surface area contributed by atoms with Crippen molar-refractivity contribution >= 4 is 0 Å². The van der Waals surface area contributed by atoms with Crippen molar-refractivity contribution in [1.82, 2.24) is 0 Å². The van der Waals surface area contributed by atoms with E-state index >= 15 is 0 Å². The van der Waals surface area contributed by atoms with Gasteiger partial charge in [-0.05, 0) is 38.8 Å². The minimum absolute atomic E-state index is 1.02. The lowest BCUT2D eigenvalue weighted by atomic mass is 10.0. The number of hydrogen-bond donors (Lipinski definition) is 0. The summed E-state index contributed by atoms with van der Waals surface area (Å²) < 4.78 is 0. The maximum absolute atomic E-state index is 4.05. The second-order valence-electron chi connectivity index (χ2n) is 3.81. The first-order valence-electron chi connectivity index (χ1n) is 7.51. The Labute approximate surface area is 128 Å². The largest absolute Gasteiger partial charge is 0.0961 e. The fourth-order valence-corrected chi connectivity index (χ4v) is 1.05. The Kier molecular flexibility index (Phi) is 20.5. The second-order valence-corrected chi connectivity index (χ2v) is 3.81. The average molecular weight is 274 g/mol. The molecule has 0 nitrogen and oxygen atoms in total. The minimum Gasteiger partial charge on any atom is -0.0961 e. The smallest absolute Gasteiger partial charge is 0.0233 e. The highest BCUT2D eigenvalue weighted by Crippen LogP contribution is 2.13. The normalized spacial score (nSPS) is 11.6. The molecule has 0 rings (SSSR count). The van der Waals surface area contributed by atoms with Crippen molar-refractivity contribution in [2.45, 2.75) is 55.4 Å². The predicted octanol–water partition coefficient (Wildman–Crippen LogP) is 7.20. The fourth-order valence-electron chi connectivity index (χ4n) is 1.05. The summed E-state index contributed by atoms with van der Waals surface area (Å²) in [6.45, 7) is 24.0. The van der Waals surface area contributed by atoms with Crippen LogP contribution in [0.1, 0.15) is 55.4 Å². The van der Waals surface area contributed by atoms with Gasteiger partial charge in [0.2, 0.25) is 0 Å². The molecule has 0 aliphatic rings. The summed E-state index contributed by atoms with van der Waals surface area (Å²) in [6, 6.07) is 0. The molecule has 0 atom stereocenters. The number of hydrogen-bond acceptors (Lipinski definition) is 0. The average Bonchev–Trinajstić information content (AvgIpc) is 2.49. The maximum Gasteiger partial charge on any atom is -0.0233 e.